The number of anilines is 1. The van der Waals surface area contributed by atoms with Crippen molar-refractivity contribution >= 4 is 46.7 Å². The average molecular weight is 837 g/mol. The van der Waals surface area contributed by atoms with E-state index in [-0.39, 0.29) is 48.2 Å². The Morgan fingerprint density at radius 1 is 1.10 bits per heavy atom. The van der Waals surface area contributed by atoms with Gasteiger partial charge in [-0.3, -0.25) is 28.9 Å². The van der Waals surface area contributed by atoms with Crippen LogP contribution in [0.15, 0.2) is 29.6 Å². The van der Waals surface area contributed by atoms with E-state index in [2.05, 4.69) is 31.8 Å². The number of rotatable bonds is 23. The highest BCUT2D eigenvalue weighted by atomic mass is 32.1. The first-order chi connectivity index (χ1) is 27.9. The van der Waals surface area contributed by atoms with Crippen molar-refractivity contribution in [2.24, 2.45) is 17.3 Å². The van der Waals surface area contributed by atoms with E-state index < -0.39 is 47.5 Å². The van der Waals surface area contributed by atoms with Gasteiger partial charge in [-0.1, -0.05) is 52.7 Å². The fraction of sp³-hybridized carbons (Fsp3) is 0.644. The van der Waals surface area contributed by atoms with E-state index in [1.54, 1.807) is 19.2 Å². The second-order valence-electron chi connectivity index (χ2n) is 17.0. The maximum atomic E-state index is 14.8. The summed E-state index contributed by atoms with van der Waals surface area (Å²) < 4.78 is 5.91. The molecule has 1 aliphatic rings. The number of thiazole rings is 1. The number of likely N-dealkylation sites (tertiary alicyclic amines) is 1. The number of nitrogens with zero attached hydrogens (tertiary/aromatic N) is 3. The first-order valence-electron chi connectivity index (χ1n) is 21.1. The highest BCUT2D eigenvalue weighted by Gasteiger charge is 2.39. The lowest BCUT2D eigenvalue weighted by Gasteiger charge is -2.40. The Balaban J connectivity index is 1.94. The molecule has 1 saturated heterocycles. The Morgan fingerprint density at radius 3 is 2.37 bits per heavy atom. The predicted octanol–water partition coefficient (Wildman–Crippen LogP) is 6.69. The normalized spacial score (nSPS) is 17.1. The molecule has 1 fully saturated rings. The number of esters is 1. The van der Waals surface area contributed by atoms with Crippen LogP contribution >= 0.6 is 11.3 Å². The quantitative estimate of drug-likeness (QED) is 0.0537. The molecule has 59 heavy (non-hydrogen) atoms. The number of carbonyl (C=O) groups is 5. The lowest BCUT2D eigenvalue weighted by atomic mass is 9.84. The summed E-state index contributed by atoms with van der Waals surface area (Å²) in [7, 11) is 3.77. The topological polar surface area (TPSA) is 170 Å². The molecule has 6 atom stereocenters. The molecule has 0 spiro atoms. The third-order valence-electron chi connectivity index (χ3n) is 11.5. The number of carboxylic acids is 1. The smallest absolute Gasteiger partial charge is 0.309 e. The fourth-order valence-corrected chi connectivity index (χ4v) is 8.45. The lowest BCUT2D eigenvalue weighted by Crippen LogP contribution is -2.59. The number of unbranched alkanes of at least 4 members (excludes halogenated alkanes) is 2. The zero-order chi connectivity index (χ0) is 43.9. The van der Waals surface area contributed by atoms with Crippen LogP contribution in [0.2, 0.25) is 0 Å². The van der Waals surface area contributed by atoms with Crippen molar-refractivity contribution in [3.8, 4) is 12.3 Å². The van der Waals surface area contributed by atoms with Crippen molar-refractivity contribution in [1.82, 2.24) is 25.4 Å². The SMILES string of the molecule is C#CCCCCN(C(=O)[C@@H](NC(=O)[C@H]1CCCCN1C)[C@@H](C)CC)[C@H](C[C@@H](OC(C)=O)c1nc(C(=O)N[C@@H](Cc2ccc(NC)cc2)CC(C)(C)C(=O)O)cs1)C(C)C. The van der Waals surface area contributed by atoms with Crippen LogP contribution in [0.4, 0.5) is 5.69 Å². The minimum absolute atomic E-state index is 0.0920. The molecule has 0 bridgehead atoms. The number of carboxylic acid groups (broad SMARTS) is 1. The zero-order valence-electron chi connectivity index (χ0n) is 36.6. The summed E-state index contributed by atoms with van der Waals surface area (Å²) in [6, 6.07) is 5.69. The summed E-state index contributed by atoms with van der Waals surface area (Å²) in [5.41, 5.74) is 0.855. The maximum Gasteiger partial charge on any atom is 0.309 e. The van der Waals surface area contributed by atoms with Crippen molar-refractivity contribution in [3.05, 3.63) is 45.9 Å². The fourth-order valence-electron chi connectivity index (χ4n) is 7.61. The number of ether oxygens (including phenoxy) is 1. The van der Waals surface area contributed by atoms with E-state index in [0.29, 0.717) is 43.7 Å². The standard InChI is InChI=1S/C45H68N6O7S/c1-11-13-14-16-24-51(43(55)39(30(5)12-2)49-41(54)36-18-15-17-23-50(36)10)37(29(3)4)26-38(58-31(6)52)42-48-35(28-59-42)40(53)47-34(27-45(7,8)44(56)57)25-32-19-21-33(46-9)22-20-32/h1,19-22,28-30,34,36-39,46H,12-18,23-27H2,2-10H3,(H,47,53)(H,49,54)(H,56,57)/t30-,34-,36+,37+,38+,39-/m0/s1. The molecule has 1 aromatic carbocycles. The van der Waals surface area contributed by atoms with E-state index >= 15 is 0 Å². The summed E-state index contributed by atoms with van der Waals surface area (Å²) in [4.78, 5) is 75.7. The van der Waals surface area contributed by atoms with Gasteiger partial charge in [0.2, 0.25) is 11.8 Å². The number of aliphatic carboxylic acids is 1. The lowest BCUT2D eigenvalue weighted by molar-refractivity contribution is -0.150. The van der Waals surface area contributed by atoms with E-state index in [1.807, 2.05) is 71.0 Å². The van der Waals surface area contributed by atoms with Gasteiger partial charge in [0.1, 0.15) is 16.7 Å². The van der Waals surface area contributed by atoms with Gasteiger partial charge in [-0.25, -0.2) is 4.98 Å². The number of amides is 3. The second-order valence-corrected chi connectivity index (χ2v) is 17.9. The molecular weight excluding hydrogens is 769 g/mol. The molecular formula is C45H68N6O7S. The van der Waals surface area contributed by atoms with Crippen molar-refractivity contribution in [2.45, 2.75) is 143 Å². The Labute approximate surface area is 355 Å². The summed E-state index contributed by atoms with van der Waals surface area (Å²) in [5.74, 6) is 0.113. The van der Waals surface area contributed by atoms with Gasteiger partial charge in [-0.05, 0) is 95.5 Å². The third-order valence-corrected chi connectivity index (χ3v) is 12.4. The van der Waals surface area contributed by atoms with Crippen LogP contribution in [0.3, 0.4) is 0 Å². The van der Waals surface area contributed by atoms with Gasteiger partial charge in [-0.2, -0.15) is 0 Å². The van der Waals surface area contributed by atoms with Crippen LogP contribution in [-0.2, 0) is 30.3 Å². The van der Waals surface area contributed by atoms with Gasteiger partial charge < -0.3 is 30.7 Å². The molecule has 13 nitrogen and oxygen atoms in total. The molecule has 3 amide bonds. The predicted molar refractivity (Wildman–Crippen MR) is 233 cm³/mol. The average Bonchev–Trinajstić information content (AvgIpc) is 3.69. The maximum absolute atomic E-state index is 14.8. The third kappa shape index (κ3) is 14.6. The van der Waals surface area contributed by atoms with Crippen LogP contribution in [0.5, 0.6) is 0 Å². The molecule has 2 heterocycles. The van der Waals surface area contributed by atoms with E-state index in [4.69, 9.17) is 11.2 Å². The highest BCUT2D eigenvalue weighted by Crippen LogP contribution is 2.32. The number of likely N-dealkylation sites (N-methyl/N-ethyl adjacent to an activating group) is 1. The van der Waals surface area contributed by atoms with Crippen LogP contribution in [0, 0.1) is 29.6 Å². The van der Waals surface area contributed by atoms with Crippen molar-refractivity contribution in [2.75, 3.05) is 32.5 Å². The summed E-state index contributed by atoms with van der Waals surface area (Å²) in [6.45, 7) is 13.8. The van der Waals surface area contributed by atoms with Crippen LogP contribution in [-0.4, -0.2) is 101 Å². The Kier molecular flexibility index (Phi) is 19.3. The largest absolute Gasteiger partial charge is 0.481 e. The van der Waals surface area contributed by atoms with E-state index in [9.17, 15) is 29.1 Å². The van der Waals surface area contributed by atoms with Crippen LogP contribution in [0.1, 0.15) is 133 Å². The number of nitrogens with one attached hydrogen (secondary N) is 3. The van der Waals surface area contributed by atoms with Crippen molar-refractivity contribution in [3.63, 3.8) is 0 Å². The van der Waals surface area contributed by atoms with E-state index in [1.165, 1.54) is 18.3 Å². The molecule has 0 radical (unpaired) electrons. The van der Waals surface area contributed by atoms with Crippen molar-refractivity contribution in [1.29, 1.82) is 0 Å². The number of benzene rings is 1. The Morgan fingerprint density at radius 2 is 1.80 bits per heavy atom. The van der Waals surface area contributed by atoms with Gasteiger partial charge in [-0.15, -0.1) is 23.7 Å². The zero-order valence-corrected chi connectivity index (χ0v) is 37.5. The molecule has 0 saturated carbocycles. The van der Waals surface area contributed by atoms with Gasteiger partial charge in [0.15, 0.2) is 6.10 Å². The number of aromatic nitrogens is 1. The molecule has 0 unspecified atom stereocenters. The molecule has 4 N–H and O–H groups in total. The Hall–Kier alpha value is -4.48. The second kappa shape index (κ2) is 23.3. The minimum Gasteiger partial charge on any atom is -0.481 e. The molecule has 3 rings (SSSR count). The number of piperidine rings is 1. The van der Waals surface area contributed by atoms with Gasteiger partial charge in [0, 0.05) is 56.5 Å². The molecule has 2 aromatic rings. The number of carbonyl (C=O) groups excluding carboxylic acids is 4. The van der Waals surface area contributed by atoms with Gasteiger partial charge >= 0.3 is 11.9 Å². The first-order valence-corrected chi connectivity index (χ1v) is 22.0. The minimum atomic E-state index is -1.12. The van der Waals surface area contributed by atoms with Crippen LogP contribution in [0.25, 0.3) is 0 Å². The Bertz CT molecular complexity index is 1740. The molecule has 1 aliphatic heterocycles. The summed E-state index contributed by atoms with van der Waals surface area (Å²) in [5, 5.41) is 21.2. The molecule has 1 aromatic heterocycles. The van der Waals surface area contributed by atoms with Crippen molar-refractivity contribution < 1.29 is 33.8 Å². The monoisotopic (exact) mass is 836 g/mol. The van der Waals surface area contributed by atoms with E-state index in [0.717, 1.165) is 37.1 Å². The molecule has 0 aliphatic carbocycles. The molecule has 326 valence electrons. The van der Waals surface area contributed by atoms with Gasteiger partial charge in [0.05, 0.1) is 11.5 Å². The number of hydrogen-bond donors (Lipinski definition) is 4. The van der Waals surface area contributed by atoms with Crippen LogP contribution < -0.4 is 16.0 Å². The molecule has 14 heteroatoms. The number of terminal acetylenes is 1. The summed E-state index contributed by atoms with van der Waals surface area (Å²) >= 11 is 1.18. The highest BCUT2D eigenvalue weighted by molar-refractivity contribution is 7.09. The number of hydrogen-bond acceptors (Lipinski definition) is 10. The first kappa shape index (κ1) is 48.9. The summed E-state index contributed by atoms with van der Waals surface area (Å²) in [6.07, 6.45) is 10.8. The van der Waals surface area contributed by atoms with Gasteiger partial charge in [0.25, 0.3) is 5.91 Å².